The van der Waals surface area contributed by atoms with Crippen LogP contribution < -0.4 is 11.1 Å². The topological polar surface area (TPSA) is 58.4 Å². The molecule has 0 spiro atoms. The Kier molecular flexibility index (Phi) is 4.56. The van der Waals surface area contributed by atoms with E-state index in [0.29, 0.717) is 6.54 Å². The normalized spacial score (nSPS) is 20.3. The van der Waals surface area contributed by atoms with E-state index in [2.05, 4.69) is 16.3 Å². The van der Waals surface area contributed by atoms with Crippen molar-refractivity contribution in [3.8, 4) is 0 Å². The van der Waals surface area contributed by atoms with E-state index in [9.17, 15) is 4.79 Å². The quantitative estimate of drug-likeness (QED) is 0.870. The number of hydrogen-bond donors (Lipinski definition) is 2. The van der Waals surface area contributed by atoms with Gasteiger partial charge in [-0.25, -0.2) is 0 Å². The molecule has 1 aliphatic rings. The molecule has 1 saturated heterocycles. The van der Waals surface area contributed by atoms with Crippen LogP contribution >= 0.6 is 0 Å². The summed E-state index contributed by atoms with van der Waals surface area (Å²) in [6.45, 7) is 6.28. The molecule has 1 aromatic carbocycles. The minimum Gasteiger partial charge on any atom is -0.327 e. The molecule has 1 aliphatic heterocycles. The summed E-state index contributed by atoms with van der Waals surface area (Å²) in [5.74, 6) is 0.0426. The minimum absolute atomic E-state index is 0.0426. The van der Waals surface area contributed by atoms with E-state index >= 15 is 0 Å². The Morgan fingerprint density at radius 1 is 1.47 bits per heavy atom. The highest BCUT2D eigenvalue weighted by atomic mass is 16.2. The van der Waals surface area contributed by atoms with Crippen LogP contribution in [0.25, 0.3) is 0 Å². The predicted octanol–water partition coefficient (Wildman–Crippen LogP) is 1.67. The molecule has 2 rings (SSSR count). The molecule has 0 radical (unpaired) electrons. The highest BCUT2D eigenvalue weighted by molar-refractivity contribution is 5.93. The van der Waals surface area contributed by atoms with Crippen molar-refractivity contribution < 1.29 is 4.79 Å². The lowest BCUT2D eigenvalue weighted by Crippen LogP contribution is -2.45. The molecule has 1 amide bonds. The summed E-state index contributed by atoms with van der Waals surface area (Å²) < 4.78 is 0. The SMILES string of the molecule is Cc1ccc(NC(=O)CN2CCCC(N)C2)c(C)c1. The summed E-state index contributed by atoms with van der Waals surface area (Å²) in [5, 5.41) is 2.98. The zero-order valence-electron chi connectivity index (χ0n) is 11.8. The highest BCUT2D eigenvalue weighted by Gasteiger charge is 2.18. The molecule has 1 fully saturated rings. The molecular weight excluding hydrogens is 238 g/mol. The van der Waals surface area contributed by atoms with Gasteiger partial charge in [-0.15, -0.1) is 0 Å². The van der Waals surface area contributed by atoms with Crippen molar-refractivity contribution >= 4 is 11.6 Å². The second kappa shape index (κ2) is 6.17. The third kappa shape index (κ3) is 4.04. The number of aryl methyl sites for hydroxylation is 2. The first-order valence-corrected chi connectivity index (χ1v) is 6.89. The van der Waals surface area contributed by atoms with Crippen molar-refractivity contribution in [3.05, 3.63) is 29.3 Å². The highest BCUT2D eigenvalue weighted by Crippen LogP contribution is 2.16. The third-order valence-electron chi connectivity index (χ3n) is 3.57. The van der Waals surface area contributed by atoms with Crippen LogP contribution in [0.5, 0.6) is 0 Å². The van der Waals surface area contributed by atoms with Crippen LogP contribution in [0, 0.1) is 13.8 Å². The van der Waals surface area contributed by atoms with E-state index < -0.39 is 0 Å². The summed E-state index contributed by atoms with van der Waals surface area (Å²) in [4.78, 5) is 14.2. The van der Waals surface area contributed by atoms with Gasteiger partial charge in [0.1, 0.15) is 0 Å². The standard InChI is InChI=1S/C15H23N3O/c1-11-5-6-14(12(2)8-11)17-15(19)10-18-7-3-4-13(16)9-18/h5-6,8,13H,3-4,7,9-10,16H2,1-2H3,(H,17,19). The minimum atomic E-state index is 0.0426. The van der Waals surface area contributed by atoms with Crippen LogP contribution in [-0.2, 0) is 4.79 Å². The molecular formula is C15H23N3O. The number of rotatable bonds is 3. The average Bonchev–Trinajstić information content (AvgIpc) is 2.33. The Morgan fingerprint density at radius 3 is 2.95 bits per heavy atom. The lowest BCUT2D eigenvalue weighted by molar-refractivity contribution is -0.117. The number of carbonyl (C=O) groups is 1. The number of anilines is 1. The van der Waals surface area contributed by atoms with Gasteiger partial charge < -0.3 is 11.1 Å². The number of likely N-dealkylation sites (tertiary alicyclic amines) is 1. The van der Waals surface area contributed by atoms with Gasteiger partial charge in [0, 0.05) is 18.3 Å². The largest absolute Gasteiger partial charge is 0.327 e. The van der Waals surface area contributed by atoms with Gasteiger partial charge in [-0.05, 0) is 44.9 Å². The van der Waals surface area contributed by atoms with E-state index in [4.69, 9.17) is 5.73 Å². The van der Waals surface area contributed by atoms with Gasteiger partial charge >= 0.3 is 0 Å². The number of piperidine rings is 1. The second-order valence-corrected chi connectivity index (χ2v) is 5.50. The van der Waals surface area contributed by atoms with E-state index in [1.54, 1.807) is 0 Å². The van der Waals surface area contributed by atoms with Crippen LogP contribution in [-0.4, -0.2) is 36.5 Å². The smallest absolute Gasteiger partial charge is 0.238 e. The van der Waals surface area contributed by atoms with Crippen LogP contribution in [0.15, 0.2) is 18.2 Å². The maximum atomic E-state index is 12.0. The Labute approximate surface area is 115 Å². The molecule has 104 valence electrons. The Balaban J connectivity index is 1.90. The second-order valence-electron chi connectivity index (χ2n) is 5.50. The number of amides is 1. The molecule has 0 bridgehead atoms. The third-order valence-corrected chi connectivity index (χ3v) is 3.57. The molecule has 1 aromatic rings. The molecule has 1 heterocycles. The van der Waals surface area contributed by atoms with Crippen molar-refractivity contribution in [2.75, 3.05) is 25.0 Å². The lowest BCUT2D eigenvalue weighted by Gasteiger charge is -2.30. The van der Waals surface area contributed by atoms with Gasteiger partial charge in [0.15, 0.2) is 0 Å². The summed E-state index contributed by atoms with van der Waals surface area (Å²) in [6, 6.07) is 6.26. The van der Waals surface area contributed by atoms with Crippen molar-refractivity contribution in [2.24, 2.45) is 5.73 Å². The van der Waals surface area contributed by atoms with E-state index in [1.165, 1.54) is 5.56 Å². The molecule has 4 nitrogen and oxygen atoms in total. The zero-order valence-corrected chi connectivity index (χ0v) is 11.8. The number of carbonyl (C=O) groups excluding carboxylic acids is 1. The van der Waals surface area contributed by atoms with Crippen LogP contribution in [0.4, 0.5) is 5.69 Å². The van der Waals surface area contributed by atoms with Gasteiger partial charge in [-0.2, -0.15) is 0 Å². The van der Waals surface area contributed by atoms with Gasteiger partial charge in [0.05, 0.1) is 6.54 Å². The molecule has 0 aromatic heterocycles. The summed E-state index contributed by atoms with van der Waals surface area (Å²) in [5.41, 5.74) is 9.13. The average molecular weight is 261 g/mol. The first-order valence-electron chi connectivity index (χ1n) is 6.89. The molecule has 19 heavy (non-hydrogen) atoms. The van der Waals surface area contributed by atoms with Gasteiger partial charge in [0.25, 0.3) is 0 Å². The van der Waals surface area contributed by atoms with Crippen LogP contribution in [0.2, 0.25) is 0 Å². The van der Waals surface area contributed by atoms with Crippen molar-refractivity contribution in [3.63, 3.8) is 0 Å². The zero-order chi connectivity index (χ0) is 13.8. The molecule has 4 heteroatoms. The summed E-state index contributed by atoms with van der Waals surface area (Å²) in [6.07, 6.45) is 2.15. The fourth-order valence-electron chi connectivity index (χ4n) is 2.58. The molecule has 0 saturated carbocycles. The first-order chi connectivity index (χ1) is 9.04. The fourth-order valence-corrected chi connectivity index (χ4v) is 2.58. The van der Waals surface area contributed by atoms with Gasteiger partial charge in [-0.3, -0.25) is 9.69 Å². The fraction of sp³-hybridized carbons (Fsp3) is 0.533. The first kappa shape index (κ1) is 14.0. The lowest BCUT2D eigenvalue weighted by atomic mass is 10.1. The number of nitrogens with zero attached hydrogens (tertiary/aromatic N) is 1. The predicted molar refractivity (Wildman–Crippen MR) is 78.2 cm³/mol. The van der Waals surface area contributed by atoms with Crippen LogP contribution in [0.3, 0.4) is 0 Å². The number of nitrogens with two attached hydrogens (primary N) is 1. The van der Waals surface area contributed by atoms with Crippen molar-refractivity contribution in [1.29, 1.82) is 0 Å². The summed E-state index contributed by atoms with van der Waals surface area (Å²) in [7, 11) is 0. The molecule has 1 atom stereocenters. The van der Waals surface area contributed by atoms with Crippen molar-refractivity contribution in [2.45, 2.75) is 32.7 Å². The maximum Gasteiger partial charge on any atom is 0.238 e. The number of benzene rings is 1. The molecule has 3 N–H and O–H groups in total. The van der Waals surface area contributed by atoms with Gasteiger partial charge in [0.2, 0.25) is 5.91 Å². The number of hydrogen-bond acceptors (Lipinski definition) is 3. The molecule has 0 aliphatic carbocycles. The van der Waals surface area contributed by atoms with E-state index in [0.717, 1.165) is 37.2 Å². The Hall–Kier alpha value is -1.39. The Bertz CT molecular complexity index is 459. The van der Waals surface area contributed by atoms with Crippen molar-refractivity contribution in [1.82, 2.24) is 4.90 Å². The summed E-state index contributed by atoms with van der Waals surface area (Å²) >= 11 is 0. The van der Waals surface area contributed by atoms with E-state index in [-0.39, 0.29) is 11.9 Å². The Morgan fingerprint density at radius 2 is 2.26 bits per heavy atom. The maximum absolute atomic E-state index is 12.0. The number of nitrogens with one attached hydrogen (secondary N) is 1. The van der Waals surface area contributed by atoms with Gasteiger partial charge in [-0.1, -0.05) is 17.7 Å². The molecule has 1 unspecified atom stereocenters. The van der Waals surface area contributed by atoms with E-state index in [1.807, 2.05) is 26.0 Å². The monoisotopic (exact) mass is 261 g/mol. The van der Waals surface area contributed by atoms with Crippen LogP contribution in [0.1, 0.15) is 24.0 Å².